The minimum atomic E-state index is -0.880. The Bertz CT molecular complexity index is 697. The maximum atomic E-state index is 13.8. The lowest BCUT2D eigenvalue weighted by atomic mass is 10.0. The fourth-order valence-corrected chi connectivity index (χ4v) is 2.92. The molecule has 1 heterocycles. The van der Waals surface area contributed by atoms with Crippen LogP contribution < -0.4 is 0 Å². The molecule has 2 aromatic carbocycles. The van der Waals surface area contributed by atoms with Crippen LogP contribution in [0.2, 0.25) is 0 Å². The molecule has 0 spiro atoms. The Morgan fingerprint density at radius 2 is 1.73 bits per heavy atom. The first kappa shape index (κ1) is 14.6. The molecule has 2 aromatic rings. The van der Waals surface area contributed by atoms with Crippen LogP contribution in [0, 0.1) is 17.5 Å². The van der Waals surface area contributed by atoms with Gasteiger partial charge >= 0.3 is 0 Å². The number of carbonyl (C=O) groups excluding carboxylic acids is 1. The molecule has 3 rings (SSSR count). The average molecular weight is 305 g/mol. The maximum Gasteiger partial charge on any atom is 0.260 e. The number of nitrogens with zero attached hydrogens (tertiary/aromatic N) is 1. The third-order valence-corrected chi connectivity index (χ3v) is 3.92. The van der Waals surface area contributed by atoms with Gasteiger partial charge in [-0.15, -0.1) is 0 Å². The van der Waals surface area contributed by atoms with Gasteiger partial charge in [-0.05, 0) is 42.7 Å². The smallest absolute Gasteiger partial charge is 0.260 e. The Balaban J connectivity index is 1.95. The number of rotatable bonds is 2. The van der Waals surface area contributed by atoms with Gasteiger partial charge in [0.25, 0.3) is 5.91 Å². The zero-order valence-electron chi connectivity index (χ0n) is 11.7. The van der Waals surface area contributed by atoms with E-state index in [0.717, 1.165) is 12.1 Å². The van der Waals surface area contributed by atoms with Gasteiger partial charge in [0.05, 0.1) is 6.04 Å². The highest BCUT2D eigenvalue weighted by molar-refractivity contribution is 5.95. The lowest BCUT2D eigenvalue weighted by Crippen LogP contribution is -2.32. The van der Waals surface area contributed by atoms with Crippen LogP contribution in [-0.2, 0) is 0 Å². The first-order valence-electron chi connectivity index (χ1n) is 7.08. The standard InChI is InChI=1S/C17H14F3NO/c18-12-5-1-4-11(10-12)15-8-3-9-21(15)17(22)16-13(19)6-2-7-14(16)20/h1-2,4-7,10,15H,3,8-9H2. The van der Waals surface area contributed by atoms with Crippen LogP contribution in [0.5, 0.6) is 0 Å². The summed E-state index contributed by atoms with van der Waals surface area (Å²) < 4.78 is 41.0. The third kappa shape index (κ3) is 2.58. The van der Waals surface area contributed by atoms with Crippen molar-refractivity contribution in [2.45, 2.75) is 18.9 Å². The molecule has 22 heavy (non-hydrogen) atoms. The summed E-state index contributed by atoms with van der Waals surface area (Å²) in [6.07, 6.45) is 1.36. The van der Waals surface area contributed by atoms with Gasteiger partial charge in [0.2, 0.25) is 0 Å². The molecule has 1 saturated heterocycles. The molecule has 114 valence electrons. The molecule has 1 aliphatic heterocycles. The second kappa shape index (κ2) is 5.83. The van der Waals surface area contributed by atoms with Crippen LogP contribution in [0.15, 0.2) is 42.5 Å². The molecule has 2 nitrogen and oxygen atoms in total. The van der Waals surface area contributed by atoms with Crippen molar-refractivity contribution < 1.29 is 18.0 Å². The van der Waals surface area contributed by atoms with Crippen LogP contribution in [-0.4, -0.2) is 17.4 Å². The molecule has 1 aliphatic rings. The Hall–Kier alpha value is -2.30. The van der Waals surface area contributed by atoms with E-state index in [-0.39, 0.29) is 6.04 Å². The molecule has 0 saturated carbocycles. The third-order valence-electron chi connectivity index (χ3n) is 3.92. The summed E-state index contributed by atoms with van der Waals surface area (Å²) in [4.78, 5) is 13.9. The van der Waals surface area contributed by atoms with Crippen molar-refractivity contribution in [1.29, 1.82) is 0 Å². The summed E-state index contributed by atoms with van der Waals surface area (Å²) in [5, 5.41) is 0. The van der Waals surface area contributed by atoms with E-state index < -0.39 is 28.9 Å². The number of halogens is 3. The first-order valence-corrected chi connectivity index (χ1v) is 7.08. The maximum absolute atomic E-state index is 13.8. The molecular weight excluding hydrogens is 291 g/mol. The first-order chi connectivity index (χ1) is 10.6. The fourth-order valence-electron chi connectivity index (χ4n) is 2.92. The summed E-state index contributed by atoms with van der Waals surface area (Å²) in [7, 11) is 0. The van der Waals surface area contributed by atoms with Crippen LogP contribution in [0.3, 0.4) is 0 Å². The zero-order chi connectivity index (χ0) is 15.7. The highest BCUT2D eigenvalue weighted by atomic mass is 19.1. The van der Waals surface area contributed by atoms with Crippen molar-refractivity contribution >= 4 is 5.91 Å². The topological polar surface area (TPSA) is 20.3 Å². The number of hydrogen-bond donors (Lipinski definition) is 0. The van der Waals surface area contributed by atoms with Crippen molar-refractivity contribution in [2.75, 3.05) is 6.54 Å². The van der Waals surface area contributed by atoms with Gasteiger partial charge in [-0.2, -0.15) is 0 Å². The van der Waals surface area contributed by atoms with Crippen molar-refractivity contribution in [3.63, 3.8) is 0 Å². The van der Waals surface area contributed by atoms with Crippen LogP contribution in [0.1, 0.15) is 34.8 Å². The predicted molar refractivity (Wildman–Crippen MR) is 75.8 cm³/mol. The van der Waals surface area contributed by atoms with E-state index in [9.17, 15) is 18.0 Å². The average Bonchev–Trinajstić information content (AvgIpc) is 2.96. The monoisotopic (exact) mass is 305 g/mol. The van der Waals surface area contributed by atoms with Crippen molar-refractivity contribution in [2.24, 2.45) is 0 Å². The van der Waals surface area contributed by atoms with Gasteiger partial charge in [-0.25, -0.2) is 13.2 Å². The summed E-state index contributed by atoms with van der Waals surface area (Å²) >= 11 is 0. The van der Waals surface area contributed by atoms with E-state index in [2.05, 4.69) is 0 Å². The van der Waals surface area contributed by atoms with Crippen LogP contribution in [0.4, 0.5) is 13.2 Å². The SMILES string of the molecule is O=C(c1c(F)cccc1F)N1CCCC1c1cccc(F)c1. The van der Waals surface area contributed by atoms with Gasteiger partial charge in [-0.1, -0.05) is 18.2 Å². The van der Waals surface area contributed by atoms with Crippen molar-refractivity contribution in [3.8, 4) is 0 Å². The largest absolute Gasteiger partial charge is 0.331 e. The van der Waals surface area contributed by atoms with Gasteiger partial charge in [-0.3, -0.25) is 4.79 Å². The van der Waals surface area contributed by atoms with Gasteiger partial charge in [0, 0.05) is 6.54 Å². The van der Waals surface area contributed by atoms with Gasteiger partial charge in [0.1, 0.15) is 23.0 Å². The Kier molecular flexibility index (Phi) is 3.88. The summed E-state index contributed by atoms with van der Waals surface area (Å²) in [6, 6.07) is 8.94. The van der Waals surface area contributed by atoms with E-state index in [1.165, 1.54) is 23.1 Å². The summed E-state index contributed by atoms with van der Waals surface area (Å²) in [6.45, 7) is 0.397. The number of hydrogen-bond acceptors (Lipinski definition) is 1. The second-order valence-corrected chi connectivity index (χ2v) is 5.31. The van der Waals surface area contributed by atoms with E-state index in [1.54, 1.807) is 12.1 Å². The van der Waals surface area contributed by atoms with E-state index >= 15 is 0 Å². The summed E-state index contributed by atoms with van der Waals surface area (Å²) in [5.74, 6) is -2.85. The lowest BCUT2D eigenvalue weighted by molar-refractivity contribution is 0.0725. The number of likely N-dealkylation sites (tertiary alicyclic amines) is 1. The second-order valence-electron chi connectivity index (χ2n) is 5.31. The van der Waals surface area contributed by atoms with Gasteiger partial charge in [0.15, 0.2) is 0 Å². The van der Waals surface area contributed by atoms with Gasteiger partial charge < -0.3 is 4.90 Å². The Morgan fingerprint density at radius 1 is 1.05 bits per heavy atom. The highest BCUT2D eigenvalue weighted by Crippen LogP contribution is 2.34. The van der Waals surface area contributed by atoms with E-state index in [1.807, 2.05) is 0 Å². The van der Waals surface area contributed by atoms with Crippen LogP contribution >= 0.6 is 0 Å². The van der Waals surface area contributed by atoms with E-state index in [4.69, 9.17) is 0 Å². The fraction of sp³-hybridized carbons (Fsp3) is 0.235. The highest BCUT2D eigenvalue weighted by Gasteiger charge is 2.33. The van der Waals surface area contributed by atoms with Crippen molar-refractivity contribution in [1.82, 2.24) is 4.90 Å². The van der Waals surface area contributed by atoms with E-state index in [0.29, 0.717) is 24.9 Å². The molecule has 5 heteroatoms. The normalized spacial score (nSPS) is 17.8. The number of carbonyl (C=O) groups is 1. The molecular formula is C17H14F3NO. The van der Waals surface area contributed by atoms with Crippen LogP contribution in [0.25, 0.3) is 0 Å². The van der Waals surface area contributed by atoms with Crippen molar-refractivity contribution in [3.05, 3.63) is 71.0 Å². The minimum absolute atomic E-state index is 0.359. The quantitative estimate of drug-likeness (QED) is 0.818. The lowest BCUT2D eigenvalue weighted by Gasteiger charge is -2.25. The molecule has 1 atom stereocenters. The Labute approximate surface area is 126 Å². The molecule has 0 radical (unpaired) electrons. The Morgan fingerprint density at radius 3 is 2.41 bits per heavy atom. The molecule has 0 N–H and O–H groups in total. The molecule has 1 fully saturated rings. The molecule has 0 aliphatic carbocycles. The molecule has 0 bridgehead atoms. The zero-order valence-corrected chi connectivity index (χ0v) is 11.7. The molecule has 1 unspecified atom stereocenters. The minimum Gasteiger partial charge on any atom is -0.331 e. The molecule has 1 amide bonds. The molecule has 0 aromatic heterocycles. The summed E-state index contributed by atoms with van der Waals surface area (Å²) in [5.41, 5.74) is 0.0911. The number of benzene rings is 2. The predicted octanol–water partition coefficient (Wildman–Crippen LogP) is 4.08. The number of amides is 1.